The van der Waals surface area contributed by atoms with Crippen molar-refractivity contribution >= 4 is 5.65 Å². The van der Waals surface area contributed by atoms with Crippen molar-refractivity contribution in [2.24, 2.45) is 0 Å². The van der Waals surface area contributed by atoms with E-state index in [1.165, 1.54) is 35.4 Å². The number of imidazole rings is 1. The maximum atomic E-state index is 4.68. The fourth-order valence-electron chi connectivity index (χ4n) is 3.91. The molecule has 5 heteroatoms. The zero-order valence-corrected chi connectivity index (χ0v) is 15.6. The lowest BCUT2D eigenvalue weighted by atomic mass is 9.92. The molecule has 0 radical (unpaired) electrons. The van der Waals surface area contributed by atoms with Crippen LogP contribution in [0.4, 0.5) is 0 Å². The lowest BCUT2D eigenvalue weighted by Crippen LogP contribution is -2.29. The number of aryl methyl sites for hydroxylation is 1. The normalized spacial score (nSPS) is 17.8. The minimum atomic E-state index is 0.0364. The quantitative estimate of drug-likeness (QED) is 0.791. The van der Waals surface area contributed by atoms with Crippen LogP contribution in [0.5, 0.6) is 0 Å². The van der Waals surface area contributed by atoms with Gasteiger partial charge in [0.1, 0.15) is 5.65 Å². The van der Waals surface area contributed by atoms with Gasteiger partial charge >= 0.3 is 0 Å². The Balaban J connectivity index is 1.57. The highest BCUT2D eigenvalue weighted by atomic mass is 15.3. The maximum absolute atomic E-state index is 4.68. The zero-order valence-electron chi connectivity index (χ0n) is 15.6. The van der Waals surface area contributed by atoms with Crippen LogP contribution in [-0.4, -0.2) is 19.2 Å². The third-order valence-corrected chi connectivity index (χ3v) is 5.16. The van der Waals surface area contributed by atoms with Crippen LogP contribution in [0.3, 0.4) is 0 Å². The van der Waals surface area contributed by atoms with Crippen LogP contribution < -0.4 is 5.32 Å². The Bertz CT molecular complexity index is 897. The number of nitrogens with one attached hydrogen (secondary N) is 1. The van der Waals surface area contributed by atoms with Gasteiger partial charge in [0, 0.05) is 30.0 Å². The summed E-state index contributed by atoms with van der Waals surface area (Å²) in [7, 11) is 0. The third kappa shape index (κ3) is 2.86. The fourth-order valence-corrected chi connectivity index (χ4v) is 3.91. The van der Waals surface area contributed by atoms with E-state index in [9.17, 15) is 0 Å². The number of aromatic nitrogens is 4. The van der Waals surface area contributed by atoms with Crippen LogP contribution in [-0.2, 0) is 18.5 Å². The molecule has 0 unspecified atom stereocenters. The summed E-state index contributed by atoms with van der Waals surface area (Å²) in [5.74, 6) is 0. The summed E-state index contributed by atoms with van der Waals surface area (Å²) in [6.45, 7) is 9.58. The van der Waals surface area contributed by atoms with Crippen molar-refractivity contribution in [3.63, 3.8) is 0 Å². The van der Waals surface area contributed by atoms with Crippen LogP contribution >= 0.6 is 0 Å². The van der Waals surface area contributed by atoms with E-state index in [1.54, 1.807) is 0 Å². The van der Waals surface area contributed by atoms with Gasteiger partial charge in [0.25, 0.3) is 0 Å². The number of pyridine rings is 1. The van der Waals surface area contributed by atoms with Crippen molar-refractivity contribution in [2.45, 2.75) is 65.1 Å². The minimum absolute atomic E-state index is 0.0364. The molecule has 3 aromatic heterocycles. The monoisotopic (exact) mass is 337 g/mol. The first kappa shape index (κ1) is 16.3. The Morgan fingerprint density at radius 3 is 2.92 bits per heavy atom. The molecule has 0 fully saturated rings. The van der Waals surface area contributed by atoms with Crippen LogP contribution in [0.25, 0.3) is 5.65 Å². The molecule has 1 aliphatic rings. The molecule has 0 saturated heterocycles. The van der Waals surface area contributed by atoms with Gasteiger partial charge in [0.2, 0.25) is 0 Å². The van der Waals surface area contributed by atoms with E-state index in [0.717, 1.165) is 18.6 Å². The summed E-state index contributed by atoms with van der Waals surface area (Å²) >= 11 is 0. The molecule has 0 bridgehead atoms. The van der Waals surface area contributed by atoms with Gasteiger partial charge in [0.15, 0.2) is 0 Å². The third-order valence-electron chi connectivity index (χ3n) is 5.16. The average molecular weight is 337 g/mol. The van der Waals surface area contributed by atoms with E-state index in [0.29, 0.717) is 6.04 Å². The summed E-state index contributed by atoms with van der Waals surface area (Å²) in [5, 5.41) is 8.43. The number of rotatable bonds is 3. The second-order valence-electron chi connectivity index (χ2n) is 8.09. The average Bonchev–Trinajstić information content (AvgIpc) is 3.17. The van der Waals surface area contributed by atoms with Gasteiger partial charge in [-0.15, -0.1) is 0 Å². The van der Waals surface area contributed by atoms with Crippen LogP contribution in [0, 0.1) is 6.92 Å². The van der Waals surface area contributed by atoms with Crippen molar-refractivity contribution in [3.05, 3.63) is 53.2 Å². The SMILES string of the molecule is Cc1cccn2c(CN[C@@H]3CCCc4c3cnn4C(C)(C)C)cnc12. The van der Waals surface area contributed by atoms with Crippen molar-refractivity contribution < 1.29 is 0 Å². The van der Waals surface area contributed by atoms with Gasteiger partial charge in [-0.3, -0.25) is 4.68 Å². The molecule has 0 amide bonds. The van der Waals surface area contributed by atoms with Crippen LogP contribution in [0.2, 0.25) is 0 Å². The van der Waals surface area contributed by atoms with Crippen molar-refractivity contribution in [3.8, 4) is 0 Å². The smallest absolute Gasteiger partial charge is 0.139 e. The molecule has 1 atom stereocenters. The lowest BCUT2D eigenvalue weighted by molar-refractivity contribution is 0.334. The fraction of sp³-hybridized carbons (Fsp3) is 0.500. The lowest BCUT2D eigenvalue weighted by Gasteiger charge is -2.28. The highest BCUT2D eigenvalue weighted by Crippen LogP contribution is 2.32. The number of fused-ring (bicyclic) bond motifs is 2. The Kier molecular flexibility index (Phi) is 3.91. The Morgan fingerprint density at radius 2 is 2.12 bits per heavy atom. The molecule has 1 aliphatic carbocycles. The van der Waals surface area contributed by atoms with E-state index >= 15 is 0 Å². The summed E-state index contributed by atoms with van der Waals surface area (Å²) in [5.41, 5.74) is 6.25. The second kappa shape index (κ2) is 5.99. The van der Waals surface area contributed by atoms with E-state index in [1.807, 2.05) is 6.20 Å². The predicted octanol–water partition coefficient (Wildman–Crippen LogP) is 3.76. The summed E-state index contributed by atoms with van der Waals surface area (Å²) in [6, 6.07) is 4.56. The Labute approximate surface area is 149 Å². The van der Waals surface area contributed by atoms with Crippen molar-refractivity contribution in [1.82, 2.24) is 24.5 Å². The summed E-state index contributed by atoms with van der Waals surface area (Å²) in [4.78, 5) is 4.57. The topological polar surface area (TPSA) is 47.1 Å². The molecule has 0 spiro atoms. The highest BCUT2D eigenvalue weighted by Gasteiger charge is 2.27. The predicted molar refractivity (Wildman–Crippen MR) is 99.7 cm³/mol. The van der Waals surface area contributed by atoms with Crippen LogP contribution in [0.15, 0.2) is 30.7 Å². The molecule has 3 heterocycles. The maximum Gasteiger partial charge on any atom is 0.139 e. The van der Waals surface area contributed by atoms with Gasteiger partial charge in [-0.1, -0.05) is 6.07 Å². The molecule has 1 N–H and O–H groups in total. The first-order valence-electron chi connectivity index (χ1n) is 9.17. The molecule has 0 saturated carbocycles. The minimum Gasteiger partial charge on any atom is -0.304 e. The molecular formula is C20H27N5. The van der Waals surface area contributed by atoms with Gasteiger partial charge in [0.05, 0.1) is 23.6 Å². The molecule has 0 aliphatic heterocycles. The van der Waals surface area contributed by atoms with Gasteiger partial charge in [-0.2, -0.15) is 5.10 Å². The van der Waals surface area contributed by atoms with Crippen molar-refractivity contribution in [2.75, 3.05) is 0 Å². The summed E-state index contributed by atoms with van der Waals surface area (Å²) in [6.07, 6.45) is 9.64. The zero-order chi connectivity index (χ0) is 17.6. The first-order valence-corrected chi connectivity index (χ1v) is 9.17. The van der Waals surface area contributed by atoms with Gasteiger partial charge in [-0.25, -0.2) is 4.98 Å². The molecule has 0 aromatic carbocycles. The molecule has 25 heavy (non-hydrogen) atoms. The molecule has 4 rings (SSSR count). The van der Waals surface area contributed by atoms with Crippen LogP contribution in [0.1, 0.15) is 62.2 Å². The number of nitrogens with zero attached hydrogens (tertiary/aromatic N) is 4. The Hall–Kier alpha value is -2.14. The molecule has 132 valence electrons. The highest BCUT2D eigenvalue weighted by molar-refractivity contribution is 5.48. The molecule has 3 aromatic rings. The van der Waals surface area contributed by atoms with Crippen molar-refractivity contribution in [1.29, 1.82) is 0 Å². The molecular weight excluding hydrogens is 310 g/mol. The number of hydrogen-bond donors (Lipinski definition) is 1. The standard InChI is InChI=1S/C20H27N5/c1-14-7-6-10-24-15(12-22-19(14)24)11-21-17-8-5-9-18-16(17)13-23-25(18)20(2,3)4/h6-7,10,12-13,17,21H,5,8-9,11H2,1-4H3/t17-/m1/s1. The Morgan fingerprint density at radius 1 is 1.28 bits per heavy atom. The largest absolute Gasteiger partial charge is 0.304 e. The summed E-state index contributed by atoms with van der Waals surface area (Å²) < 4.78 is 4.39. The van der Waals surface area contributed by atoms with Gasteiger partial charge < -0.3 is 9.72 Å². The van der Waals surface area contributed by atoms with Gasteiger partial charge in [-0.05, 0) is 58.6 Å². The first-order chi connectivity index (χ1) is 11.9. The molecule has 5 nitrogen and oxygen atoms in total. The van der Waals surface area contributed by atoms with E-state index in [-0.39, 0.29) is 5.54 Å². The second-order valence-corrected chi connectivity index (χ2v) is 8.09. The van der Waals surface area contributed by atoms with E-state index in [2.05, 4.69) is 76.7 Å². The number of hydrogen-bond acceptors (Lipinski definition) is 3. The van der Waals surface area contributed by atoms with E-state index in [4.69, 9.17) is 0 Å². The van der Waals surface area contributed by atoms with E-state index < -0.39 is 0 Å².